The number of amides is 1. The summed E-state index contributed by atoms with van der Waals surface area (Å²) in [6, 6.07) is 0. The van der Waals surface area contributed by atoms with Crippen LogP contribution in [0.5, 0.6) is 0 Å². The van der Waals surface area contributed by atoms with E-state index in [4.69, 9.17) is 0 Å². The minimum Gasteiger partial charge on any atom is -0.462 e. The fourth-order valence-corrected chi connectivity index (χ4v) is 0.588. The average molecular weight is 183 g/mol. The maximum atomic E-state index is 10.6. The SMILES string of the molecule is C=CC(=O)NCCCOC(=O)C=C. The molecule has 0 aromatic rings. The molecule has 1 N–H and O–H groups in total. The second-order valence-electron chi connectivity index (χ2n) is 2.22. The highest BCUT2D eigenvalue weighted by Gasteiger charge is 1.95. The van der Waals surface area contributed by atoms with Crippen LogP contribution < -0.4 is 5.32 Å². The molecule has 4 nitrogen and oxygen atoms in total. The molecule has 0 unspecified atom stereocenters. The second-order valence-corrected chi connectivity index (χ2v) is 2.22. The first-order valence-electron chi connectivity index (χ1n) is 3.90. The van der Waals surface area contributed by atoms with E-state index in [-0.39, 0.29) is 12.5 Å². The van der Waals surface area contributed by atoms with Gasteiger partial charge in [-0.3, -0.25) is 4.79 Å². The van der Waals surface area contributed by atoms with Gasteiger partial charge >= 0.3 is 5.97 Å². The summed E-state index contributed by atoms with van der Waals surface area (Å²) in [5.41, 5.74) is 0. The molecule has 0 aliphatic heterocycles. The van der Waals surface area contributed by atoms with Crippen LogP contribution in [0, 0.1) is 0 Å². The van der Waals surface area contributed by atoms with Crippen molar-refractivity contribution >= 4 is 11.9 Å². The van der Waals surface area contributed by atoms with E-state index >= 15 is 0 Å². The van der Waals surface area contributed by atoms with Crippen LogP contribution in [0.4, 0.5) is 0 Å². The van der Waals surface area contributed by atoms with Crippen molar-refractivity contribution < 1.29 is 14.3 Å². The zero-order chi connectivity index (χ0) is 10.1. The molecule has 0 aliphatic carbocycles. The normalized spacial score (nSPS) is 8.62. The third-order valence-corrected chi connectivity index (χ3v) is 1.22. The maximum Gasteiger partial charge on any atom is 0.330 e. The molecular formula is C9H13NO3. The number of nitrogens with one attached hydrogen (secondary N) is 1. The molecule has 0 aromatic carbocycles. The summed E-state index contributed by atoms with van der Waals surface area (Å²) >= 11 is 0. The highest BCUT2D eigenvalue weighted by molar-refractivity contribution is 5.86. The van der Waals surface area contributed by atoms with E-state index < -0.39 is 5.97 Å². The van der Waals surface area contributed by atoms with Gasteiger partial charge in [0, 0.05) is 12.6 Å². The van der Waals surface area contributed by atoms with Gasteiger partial charge in [-0.05, 0) is 12.5 Å². The number of hydrogen-bond donors (Lipinski definition) is 1. The van der Waals surface area contributed by atoms with Gasteiger partial charge in [0.1, 0.15) is 0 Å². The molecule has 0 saturated heterocycles. The van der Waals surface area contributed by atoms with Gasteiger partial charge in [-0.25, -0.2) is 4.79 Å². The molecule has 0 saturated carbocycles. The third-order valence-electron chi connectivity index (χ3n) is 1.22. The Kier molecular flexibility index (Phi) is 6.23. The zero-order valence-electron chi connectivity index (χ0n) is 7.41. The molecule has 13 heavy (non-hydrogen) atoms. The van der Waals surface area contributed by atoms with Crippen LogP contribution in [-0.2, 0) is 14.3 Å². The van der Waals surface area contributed by atoms with Gasteiger partial charge in [-0.1, -0.05) is 13.2 Å². The molecular weight excluding hydrogens is 170 g/mol. The average Bonchev–Trinajstić information content (AvgIpc) is 2.16. The Balaban J connectivity index is 3.26. The van der Waals surface area contributed by atoms with E-state index in [0.717, 1.165) is 6.08 Å². The summed E-state index contributed by atoms with van der Waals surface area (Å²) in [6.07, 6.45) is 2.87. The van der Waals surface area contributed by atoms with Crippen molar-refractivity contribution in [2.75, 3.05) is 13.2 Å². The lowest BCUT2D eigenvalue weighted by Crippen LogP contribution is -2.23. The van der Waals surface area contributed by atoms with Gasteiger partial charge in [-0.15, -0.1) is 0 Å². The van der Waals surface area contributed by atoms with E-state index in [2.05, 4.69) is 23.2 Å². The topological polar surface area (TPSA) is 55.4 Å². The van der Waals surface area contributed by atoms with Gasteiger partial charge in [0.15, 0.2) is 0 Å². The third kappa shape index (κ3) is 6.80. The first kappa shape index (κ1) is 11.4. The molecule has 0 heterocycles. The first-order chi connectivity index (χ1) is 6.20. The minimum atomic E-state index is -0.449. The van der Waals surface area contributed by atoms with Gasteiger partial charge in [0.2, 0.25) is 5.91 Å². The summed E-state index contributed by atoms with van der Waals surface area (Å²) in [7, 11) is 0. The van der Waals surface area contributed by atoms with Crippen molar-refractivity contribution in [2.45, 2.75) is 6.42 Å². The summed E-state index contributed by atoms with van der Waals surface area (Å²) in [6.45, 7) is 7.28. The fourth-order valence-electron chi connectivity index (χ4n) is 0.588. The van der Waals surface area contributed by atoms with Crippen LogP contribution in [0.2, 0.25) is 0 Å². The van der Waals surface area contributed by atoms with Crippen LogP contribution in [-0.4, -0.2) is 25.0 Å². The molecule has 0 aromatic heterocycles. The number of carbonyl (C=O) groups is 2. The largest absolute Gasteiger partial charge is 0.462 e. The zero-order valence-corrected chi connectivity index (χ0v) is 7.41. The van der Waals surface area contributed by atoms with Crippen LogP contribution in [0.25, 0.3) is 0 Å². The summed E-state index contributed by atoms with van der Waals surface area (Å²) in [5.74, 6) is -0.676. The molecule has 0 rings (SSSR count). The minimum absolute atomic E-state index is 0.227. The summed E-state index contributed by atoms with van der Waals surface area (Å²) in [5, 5.41) is 2.55. The number of ether oxygens (including phenoxy) is 1. The van der Waals surface area contributed by atoms with Crippen LogP contribution in [0.1, 0.15) is 6.42 Å². The van der Waals surface area contributed by atoms with E-state index in [9.17, 15) is 9.59 Å². The standard InChI is InChI=1S/C9H13NO3/c1-3-8(11)10-6-5-7-13-9(12)4-2/h3-4H,1-2,5-7H2,(H,10,11). The molecule has 0 atom stereocenters. The molecule has 4 heteroatoms. The lowest BCUT2D eigenvalue weighted by atomic mass is 10.4. The van der Waals surface area contributed by atoms with Crippen LogP contribution >= 0.6 is 0 Å². The predicted octanol–water partition coefficient (Wildman–Crippen LogP) is 0.408. The van der Waals surface area contributed by atoms with Crippen molar-refractivity contribution in [2.24, 2.45) is 0 Å². The Hall–Kier alpha value is -1.58. The summed E-state index contributed by atoms with van der Waals surface area (Å²) < 4.78 is 4.67. The Labute approximate surface area is 77.3 Å². The molecule has 0 spiro atoms. The fraction of sp³-hybridized carbons (Fsp3) is 0.333. The van der Waals surface area contributed by atoms with E-state index in [1.165, 1.54) is 6.08 Å². The van der Waals surface area contributed by atoms with Gasteiger partial charge in [0.25, 0.3) is 0 Å². The van der Waals surface area contributed by atoms with Gasteiger partial charge in [-0.2, -0.15) is 0 Å². The summed E-state index contributed by atoms with van der Waals surface area (Å²) in [4.78, 5) is 21.1. The molecule has 0 fully saturated rings. The highest BCUT2D eigenvalue weighted by atomic mass is 16.5. The van der Waals surface area contributed by atoms with E-state index in [1.807, 2.05) is 0 Å². The Morgan fingerprint density at radius 2 is 2.00 bits per heavy atom. The highest BCUT2D eigenvalue weighted by Crippen LogP contribution is 1.83. The number of carbonyl (C=O) groups excluding carboxylic acids is 2. The first-order valence-corrected chi connectivity index (χ1v) is 3.90. The smallest absolute Gasteiger partial charge is 0.330 e. The molecule has 0 aliphatic rings. The number of esters is 1. The molecule has 72 valence electrons. The number of rotatable bonds is 6. The monoisotopic (exact) mass is 183 g/mol. The Morgan fingerprint density at radius 3 is 2.54 bits per heavy atom. The lowest BCUT2D eigenvalue weighted by molar-refractivity contribution is -0.137. The van der Waals surface area contributed by atoms with Crippen LogP contribution in [0.15, 0.2) is 25.3 Å². The van der Waals surface area contributed by atoms with Crippen molar-refractivity contribution in [1.29, 1.82) is 0 Å². The van der Waals surface area contributed by atoms with Gasteiger partial charge < -0.3 is 10.1 Å². The van der Waals surface area contributed by atoms with Gasteiger partial charge in [0.05, 0.1) is 6.61 Å². The Morgan fingerprint density at radius 1 is 1.31 bits per heavy atom. The molecule has 0 radical (unpaired) electrons. The van der Waals surface area contributed by atoms with E-state index in [0.29, 0.717) is 13.0 Å². The lowest BCUT2D eigenvalue weighted by Gasteiger charge is -2.02. The maximum absolute atomic E-state index is 10.6. The van der Waals surface area contributed by atoms with Crippen molar-refractivity contribution in [3.8, 4) is 0 Å². The molecule has 1 amide bonds. The predicted molar refractivity (Wildman–Crippen MR) is 49.0 cm³/mol. The van der Waals surface area contributed by atoms with E-state index in [1.54, 1.807) is 0 Å². The van der Waals surface area contributed by atoms with Crippen molar-refractivity contribution in [1.82, 2.24) is 5.32 Å². The van der Waals surface area contributed by atoms with Crippen molar-refractivity contribution in [3.05, 3.63) is 25.3 Å². The quantitative estimate of drug-likeness (QED) is 0.368. The second kappa shape index (κ2) is 7.09. The number of hydrogen-bond acceptors (Lipinski definition) is 3. The van der Waals surface area contributed by atoms with Crippen LogP contribution in [0.3, 0.4) is 0 Å². The Bertz CT molecular complexity index is 189. The molecule has 0 bridgehead atoms. The van der Waals surface area contributed by atoms with Crippen molar-refractivity contribution in [3.63, 3.8) is 0 Å².